The zero-order valence-corrected chi connectivity index (χ0v) is 11.9. The van der Waals surface area contributed by atoms with Crippen molar-refractivity contribution < 1.29 is 19.4 Å². The number of rotatable bonds is 6. The summed E-state index contributed by atoms with van der Waals surface area (Å²) < 4.78 is 5.04. The van der Waals surface area contributed by atoms with Gasteiger partial charge in [-0.05, 0) is 26.7 Å². The molecule has 0 aromatic heterocycles. The van der Waals surface area contributed by atoms with Gasteiger partial charge >= 0.3 is 12.0 Å². The number of hydrogen-bond donors (Lipinski definition) is 2. The average molecular weight is 272 g/mol. The fourth-order valence-corrected chi connectivity index (χ4v) is 2.49. The molecule has 6 heteroatoms. The third-order valence-electron chi connectivity index (χ3n) is 3.28. The Labute approximate surface area is 114 Å². The summed E-state index contributed by atoms with van der Waals surface area (Å²) in [4.78, 5) is 24.6. The van der Waals surface area contributed by atoms with Crippen molar-refractivity contribution in [3.63, 3.8) is 0 Å². The maximum Gasteiger partial charge on any atom is 0.323 e. The van der Waals surface area contributed by atoms with E-state index < -0.39 is 11.5 Å². The fraction of sp³-hybridized carbons (Fsp3) is 0.846. The van der Waals surface area contributed by atoms with Gasteiger partial charge in [-0.15, -0.1) is 0 Å². The molecular weight excluding hydrogens is 248 g/mol. The van der Waals surface area contributed by atoms with Gasteiger partial charge in [0.15, 0.2) is 0 Å². The van der Waals surface area contributed by atoms with Crippen molar-refractivity contribution in [1.82, 2.24) is 10.2 Å². The second-order valence-corrected chi connectivity index (χ2v) is 5.71. The minimum atomic E-state index is -0.980. The molecule has 0 aromatic carbocycles. The number of carboxylic acid groups (broad SMARTS) is 1. The summed E-state index contributed by atoms with van der Waals surface area (Å²) in [5.41, 5.74) is -0.513. The first-order valence-corrected chi connectivity index (χ1v) is 6.65. The molecule has 0 radical (unpaired) electrons. The standard InChI is InChI=1S/C13H24N2O4/c1-13(2,9-19-3)14-12(18)15(8-11(16)17)10-6-4-5-7-10/h10H,4-9H2,1-3H3,(H,14,18)(H,16,17). The van der Waals surface area contributed by atoms with Crippen LogP contribution in [0.1, 0.15) is 39.5 Å². The van der Waals surface area contributed by atoms with Crippen LogP contribution in [0.25, 0.3) is 0 Å². The van der Waals surface area contributed by atoms with E-state index in [2.05, 4.69) is 5.32 Å². The lowest BCUT2D eigenvalue weighted by Gasteiger charge is -2.33. The number of hydrogen-bond acceptors (Lipinski definition) is 3. The van der Waals surface area contributed by atoms with Crippen LogP contribution in [0.5, 0.6) is 0 Å². The average Bonchev–Trinajstić information content (AvgIpc) is 2.77. The minimum Gasteiger partial charge on any atom is -0.480 e. The molecule has 6 nitrogen and oxygen atoms in total. The summed E-state index contributed by atoms with van der Waals surface area (Å²) in [5, 5.41) is 11.8. The molecule has 0 saturated heterocycles. The molecule has 1 aliphatic rings. The number of methoxy groups -OCH3 is 1. The highest BCUT2D eigenvalue weighted by molar-refractivity contribution is 5.80. The van der Waals surface area contributed by atoms with E-state index in [0.29, 0.717) is 6.61 Å². The first-order chi connectivity index (χ1) is 8.85. The molecule has 2 N–H and O–H groups in total. The van der Waals surface area contributed by atoms with Crippen LogP contribution in [0, 0.1) is 0 Å². The third-order valence-corrected chi connectivity index (χ3v) is 3.28. The molecule has 1 rings (SSSR count). The van der Waals surface area contributed by atoms with E-state index in [-0.39, 0.29) is 18.6 Å². The summed E-state index contributed by atoms with van der Waals surface area (Å²) in [6.07, 6.45) is 3.86. The molecule has 1 fully saturated rings. The molecule has 0 aromatic rings. The second kappa shape index (κ2) is 6.75. The van der Waals surface area contributed by atoms with Gasteiger partial charge in [-0.3, -0.25) is 4.79 Å². The van der Waals surface area contributed by atoms with Crippen molar-refractivity contribution in [3.8, 4) is 0 Å². The van der Waals surface area contributed by atoms with Gasteiger partial charge in [0.05, 0.1) is 12.1 Å². The Kier molecular flexibility index (Phi) is 5.60. The number of amides is 2. The topological polar surface area (TPSA) is 78.9 Å². The summed E-state index contributed by atoms with van der Waals surface area (Å²) in [6, 6.07) is -0.286. The predicted molar refractivity (Wildman–Crippen MR) is 71.1 cm³/mol. The SMILES string of the molecule is COCC(C)(C)NC(=O)N(CC(=O)O)C1CCCC1. The maximum absolute atomic E-state index is 12.3. The number of nitrogens with zero attached hydrogens (tertiary/aromatic N) is 1. The molecule has 1 saturated carbocycles. The summed E-state index contributed by atoms with van der Waals surface area (Å²) in [7, 11) is 1.57. The number of urea groups is 1. The van der Waals surface area contributed by atoms with Crippen molar-refractivity contribution >= 4 is 12.0 Å². The quantitative estimate of drug-likeness (QED) is 0.767. The molecule has 0 unspecified atom stereocenters. The van der Waals surface area contributed by atoms with E-state index in [1.54, 1.807) is 7.11 Å². The van der Waals surface area contributed by atoms with Gasteiger partial charge in [0, 0.05) is 13.2 Å². The van der Waals surface area contributed by atoms with E-state index in [1.807, 2.05) is 13.8 Å². The van der Waals surface area contributed by atoms with Crippen LogP contribution in [-0.4, -0.2) is 53.8 Å². The highest BCUT2D eigenvalue weighted by Crippen LogP contribution is 2.23. The van der Waals surface area contributed by atoms with Crippen LogP contribution in [0.2, 0.25) is 0 Å². The van der Waals surface area contributed by atoms with Crippen molar-refractivity contribution in [2.75, 3.05) is 20.3 Å². The molecule has 0 bridgehead atoms. The molecule has 1 aliphatic carbocycles. The number of carboxylic acids is 1. The van der Waals surface area contributed by atoms with E-state index in [4.69, 9.17) is 9.84 Å². The molecule has 2 amide bonds. The Morgan fingerprint density at radius 3 is 2.42 bits per heavy atom. The van der Waals surface area contributed by atoms with Crippen LogP contribution in [0.15, 0.2) is 0 Å². The number of carbonyl (C=O) groups is 2. The largest absolute Gasteiger partial charge is 0.480 e. The first kappa shape index (κ1) is 15.8. The van der Waals surface area contributed by atoms with Gasteiger partial charge in [-0.1, -0.05) is 12.8 Å². The van der Waals surface area contributed by atoms with Crippen LogP contribution in [0.4, 0.5) is 4.79 Å². The number of nitrogens with one attached hydrogen (secondary N) is 1. The van der Waals surface area contributed by atoms with E-state index in [9.17, 15) is 9.59 Å². The van der Waals surface area contributed by atoms with E-state index >= 15 is 0 Å². The lowest BCUT2D eigenvalue weighted by Crippen LogP contribution is -2.55. The van der Waals surface area contributed by atoms with Crippen molar-refractivity contribution in [1.29, 1.82) is 0 Å². The minimum absolute atomic E-state index is 0.0365. The number of carbonyl (C=O) groups excluding carboxylic acids is 1. The van der Waals surface area contributed by atoms with Crippen LogP contribution < -0.4 is 5.32 Å². The normalized spacial score (nSPS) is 16.4. The predicted octanol–water partition coefficient (Wildman–Crippen LogP) is 1.45. The summed E-state index contributed by atoms with van der Waals surface area (Å²) >= 11 is 0. The first-order valence-electron chi connectivity index (χ1n) is 6.65. The zero-order valence-electron chi connectivity index (χ0n) is 11.9. The highest BCUT2D eigenvalue weighted by atomic mass is 16.5. The Bertz CT molecular complexity index is 325. The molecule has 0 aliphatic heterocycles. The monoisotopic (exact) mass is 272 g/mol. The molecule has 19 heavy (non-hydrogen) atoms. The Balaban J connectivity index is 2.68. The highest BCUT2D eigenvalue weighted by Gasteiger charge is 2.31. The summed E-state index contributed by atoms with van der Waals surface area (Å²) in [5.74, 6) is -0.980. The smallest absolute Gasteiger partial charge is 0.323 e. The van der Waals surface area contributed by atoms with Crippen molar-refractivity contribution in [2.24, 2.45) is 0 Å². The van der Waals surface area contributed by atoms with Gasteiger partial charge in [0.25, 0.3) is 0 Å². The van der Waals surface area contributed by atoms with Gasteiger partial charge in [-0.25, -0.2) is 4.79 Å². The number of ether oxygens (including phenoxy) is 1. The lowest BCUT2D eigenvalue weighted by atomic mass is 10.1. The molecular formula is C13H24N2O4. The van der Waals surface area contributed by atoms with Crippen molar-refractivity contribution in [2.45, 2.75) is 51.1 Å². The van der Waals surface area contributed by atoms with Gasteiger partial charge in [-0.2, -0.15) is 0 Å². The van der Waals surface area contributed by atoms with Crippen LogP contribution in [-0.2, 0) is 9.53 Å². The Hall–Kier alpha value is -1.30. The van der Waals surface area contributed by atoms with E-state index in [0.717, 1.165) is 25.7 Å². The van der Waals surface area contributed by atoms with Crippen LogP contribution in [0.3, 0.4) is 0 Å². The van der Waals surface area contributed by atoms with E-state index in [1.165, 1.54) is 4.90 Å². The third kappa shape index (κ3) is 5.06. The Morgan fingerprint density at radius 1 is 1.37 bits per heavy atom. The Morgan fingerprint density at radius 2 is 1.95 bits per heavy atom. The maximum atomic E-state index is 12.3. The molecule has 0 heterocycles. The number of aliphatic carboxylic acids is 1. The zero-order chi connectivity index (χ0) is 14.5. The van der Waals surface area contributed by atoms with Gasteiger partial charge in [0.1, 0.15) is 6.54 Å². The lowest BCUT2D eigenvalue weighted by molar-refractivity contribution is -0.138. The summed E-state index contributed by atoms with van der Waals surface area (Å²) in [6.45, 7) is 3.83. The fourth-order valence-electron chi connectivity index (χ4n) is 2.49. The van der Waals surface area contributed by atoms with Gasteiger partial charge < -0.3 is 20.1 Å². The van der Waals surface area contributed by atoms with Gasteiger partial charge in [0.2, 0.25) is 0 Å². The van der Waals surface area contributed by atoms with Crippen molar-refractivity contribution in [3.05, 3.63) is 0 Å². The molecule has 0 atom stereocenters. The second-order valence-electron chi connectivity index (χ2n) is 5.71. The molecule has 0 spiro atoms. The van der Waals surface area contributed by atoms with Crippen LogP contribution >= 0.6 is 0 Å². The molecule has 110 valence electrons.